The number of hydrogen-bond donors (Lipinski definition) is 1. The molecule has 1 aromatic rings. The fraction of sp³-hybridized carbons (Fsp3) is 0.273. The van der Waals surface area contributed by atoms with Gasteiger partial charge in [0, 0.05) is 25.4 Å². The van der Waals surface area contributed by atoms with Crippen LogP contribution in [0.25, 0.3) is 0 Å². The first-order valence-electron chi connectivity index (χ1n) is 4.58. The maximum atomic E-state index is 11.4. The summed E-state index contributed by atoms with van der Waals surface area (Å²) >= 11 is 0. The van der Waals surface area contributed by atoms with Crippen LogP contribution in [0.15, 0.2) is 29.3 Å². The number of nitrogens with one attached hydrogen (secondary N) is 1. The molecule has 0 aliphatic carbocycles. The molecule has 0 spiro atoms. The Morgan fingerprint density at radius 3 is 2.57 bits per heavy atom. The molecule has 1 aromatic carbocycles. The molecule has 0 aliphatic rings. The van der Waals surface area contributed by atoms with Crippen LogP contribution < -0.4 is 5.32 Å². The lowest BCUT2D eigenvalue weighted by molar-refractivity contribution is 0.0956. The highest BCUT2D eigenvalue weighted by atomic mass is 16.1. The maximum Gasteiger partial charge on any atom is 0.251 e. The van der Waals surface area contributed by atoms with Crippen LogP contribution in [0.1, 0.15) is 22.8 Å². The van der Waals surface area contributed by atoms with Crippen molar-refractivity contribution in [3.63, 3.8) is 0 Å². The SMILES string of the molecule is CCNC(=O)c1ccc(/C=N\C)cc1. The topological polar surface area (TPSA) is 41.5 Å². The summed E-state index contributed by atoms with van der Waals surface area (Å²) in [5, 5.41) is 2.74. The summed E-state index contributed by atoms with van der Waals surface area (Å²) in [4.78, 5) is 15.3. The number of carbonyl (C=O) groups is 1. The normalized spacial score (nSPS) is 10.4. The van der Waals surface area contributed by atoms with Crippen LogP contribution in [0.2, 0.25) is 0 Å². The average molecular weight is 190 g/mol. The lowest BCUT2D eigenvalue weighted by Gasteiger charge is -2.01. The molecule has 74 valence electrons. The standard InChI is InChI=1S/C11H14N2O/c1-3-13-11(14)10-6-4-9(5-7-10)8-12-2/h4-8H,3H2,1-2H3,(H,13,14)/b12-8-. The molecule has 0 aliphatic heterocycles. The van der Waals surface area contributed by atoms with Crippen molar-refractivity contribution in [2.24, 2.45) is 4.99 Å². The van der Waals surface area contributed by atoms with E-state index in [0.717, 1.165) is 5.56 Å². The smallest absolute Gasteiger partial charge is 0.251 e. The van der Waals surface area contributed by atoms with Gasteiger partial charge in [0.15, 0.2) is 0 Å². The summed E-state index contributed by atoms with van der Waals surface area (Å²) in [6.07, 6.45) is 1.75. The molecule has 0 unspecified atom stereocenters. The Kier molecular flexibility index (Phi) is 3.85. The van der Waals surface area contributed by atoms with Gasteiger partial charge in [-0.1, -0.05) is 12.1 Å². The molecule has 0 saturated carbocycles. The molecule has 3 heteroatoms. The number of hydrogen-bond acceptors (Lipinski definition) is 2. The first-order chi connectivity index (χ1) is 6.77. The van der Waals surface area contributed by atoms with Gasteiger partial charge in [-0.05, 0) is 24.6 Å². The van der Waals surface area contributed by atoms with Gasteiger partial charge in [0.2, 0.25) is 0 Å². The summed E-state index contributed by atoms with van der Waals surface area (Å²) < 4.78 is 0. The van der Waals surface area contributed by atoms with Gasteiger partial charge in [0.05, 0.1) is 0 Å². The number of rotatable bonds is 3. The third kappa shape index (κ3) is 2.69. The first kappa shape index (κ1) is 10.4. The van der Waals surface area contributed by atoms with Crippen molar-refractivity contribution < 1.29 is 4.79 Å². The molecule has 0 atom stereocenters. The van der Waals surface area contributed by atoms with Gasteiger partial charge < -0.3 is 5.32 Å². The number of benzene rings is 1. The number of carbonyl (C=O) groups excluding carboxylic acids is 1. The third-order valence-corrected chi connectivity index (χ3v) is 1.79. The van der Waals surface area contributed by atoms with Gasteiger partial charge >= 0.3 is 0 Å². The second-order valence-corrected chi connectivity index (χ2v) is 2.87. The molecule has 1 rings (SSSR count). The molecule has 0 saturated heterocycles. The van der Waals surface area contributed by atoms with Crippen molar-refractivity contribution in [3.05, 3.63) is 35.4 Å². The van der Waals surface area contributed by atoms with Crippen molar-refractivity contribution in [2.45, 2.75) is 6.92 Å². The molecule has 1 amide bonds. The van der Waals surface area contributed by atoms with E-state index in [2.05, 4.69) is 10.3 Å². The van der Waals surface area contributed by atoms with E-state index in [0.29, 0.717) is 12.1 Å². The van der Waals surface area contributed by atoms with Crippen molar-refractivity contribution >= 4 is 12.1 Å². The van der Waals surface area contributed by atoms with Crippen LogP contribution in [0.3, 0.4) is 0 Å². The Bertz CT molecular complexity index is 328. The molecular weight excluding hydrogens is 176 g/mol. The van der Waals surface area contributed by atoms with E-state index < -0.39 is 0 Å². The zero-order chi connectivity index (χ0) is 10.4. The van der Waals surface area contributed by atoms with Crippen molar-refractivity contribution in [1.29, 1.82) is 0 Å². The average Bonchev–Trinajstić information content (AvgIpc) is 2.20. The molecular formula is C11H14N2O. The highest BCUT2D eigenvalue weighted by Gasteiger charge is 2.01. The van der Waals surface area contributed by atoms with Crippen LogP contribution in [-0.4, -0.2) is 25.7 Å². The van der Waals surface area contributed by atoms with E-state index in [4.69, 9.17) is 0 Å². The van der Waals surface area contributed by atoms with E-state index in [1.165, 1.54) is 0 Å². The molecule has 14 heavy (non-hydrogen) atoms. The molecule has 0 radical (unpaired) electrons. The Labute approximate surface area is 83.9 Å². The zero-order valence-corrected chi connectivity index (χ0v) is 8.45. The fourth-order valence-electron chi connectivity index (χ4n) is 1.13. The van der Waals surface area contributed by atoms with Crippen LogP contribution in [0, 0.1) is 0 Å². The van der Waals surface area contributed by atoms with Crippen molar-refractivity contribution in [2.75, 3.05) is 13.6 Å². The fourth-order valence-corrected chi connectivity index (χ4v) is 1.13. The number of amides is 1. The lowest BCUT2D eigenvalue weighted by atomic mass is 10.1. The predicted octanol–water partition coefficient (Wildman–Crippen LogP) is 1.49. The van der Waals surface area contributed by atoms with Crippen LogP contribution in [0.5, 0.6) is 0 Å². The van der Waals surface area contributed by atoms with Gasteiger partial charge in [-0.25, -0.2) is 0 Å². The molecule has 0 aromatic heterocycles. The minimum atomic E-state index is -0.0347. The molecule has 0 fully saturated rings. The van der Waals surface area contributed by atoms with Gasteiger partial charge in [0.1, 0.15) is 0 Å². The summed E-state index contributed by atoms with van der Waals surface area (Å²) in [6, 6.07) is 7.33. The Morgan fingerprint density at radius 2 is 2.07 bits per heavy atom. The highest BCUT2D eigenvalue weighted by Crippen LogP contribution is 2.02. The minimum absolute atomic E-state index is 0.0347. The monoisotopic (exact) mass is 190 g/mol. The van der Waals surface area contributed by atoms with Crippen molar-refractivity contribution in [3.8, 4) is 0 Å². The second kappa shape index (κ2) is 5.17. The van der Waals surface area contributed by atoms with E-state index >= 15 is 0 Å². The van der Waals surface area contributed by atoms with Crippen LogP contribution in [-0.2, 0) is 0 Å². The quantitative estimate of drug-likeness (QED) is 0.721. The van der Waals surface area contributed by atoms with Crippen LogP contribution >= 0.6 is 0 Å². The Morgan fingerprint density at radius 1 is 1.43 bits per heavy atom. The predicted molar refractivity (Wildman–Crippen MR) is 58.0 cm³/mol. The summed E-state index contributed by atoms with van der Waals surface area (Å²) in [6.45, 7) is 2.55. The largest absolute Gasteiger partial charge is 0.352 e. The third-order valence-electron chi connectivity index (χ3n) is 1.79. The molecule has 3 nitrogen and oxygen atoms in total. The second-order valence-electron chi connectivity index (χ2n) is 2.87. The van der Waals surface area contributed by atoms with E-state index in [1.54, 1.807) is 25.4 Å². The van der Waals surface area contributed by atoms with Crippen molar-refractivity contribution in [1.82, 2.24) is 5.32 Å². The van der Waals surface area contributed by atoms with E-state index in [1.807, 2.05) is 19.1 Å². The number of aliphatic imine (C=N–C) groups is 1. The van der Waals surface area contributed by atoms with E-state index in [9.17, 15) is 4.79 Å². The van der Waals surface area contributed by atoms with E-state index in [-0.39, 0.29) is 5.91 Å². The molecule has 1 N–H and O–H groups in total. The van der Waals surface area contributed by atoms with Crippen LogP contribution in [0.4, 0.5) is 0 Å². The number of nitrogens with zero attached hydrogens (tertiary/aromatic N) is 1. The maximum absolute atomic E-state index is 11.4. The zero-order valence-electron chi connectivity index (χ0n) is 8.45. The summed E-state index contributed by atoms with van der Waals surface area (Å²) in [5.74, 6) is -0.0347. The van der Waals surface area contributed by atoms with Gasteiger partial charge in [-0.3, -0.25) is 9.79 Å². The summed E-state index contributed by atoms with van der Waals surface area (Å²) in [5.41, 5.74) is 1.68. The van der Waals surface area contributed by atoms with Gasteiger partial charge in [-0.15, -0.1) is 0 Å². The first-order valence-corrected chi connectivity index (χ1v) is 4.58. The Hall–Kier alpha value is -1.64. The molecule has 0 bridgehead atoms. The highest BCUT2D eigenvalue weighted by molar-refractivity contribution is 5.94. The Balaban J connectivity index is 2.77. The summed E-state index contributed by atoms with van der Waals surface area (Å²) in [7, 11) is 1.72. The minimum Gasteiger partial charge on any atom is -0.352 e. The van der Waals surface area contributed by atoms with Gasteiger partial charge in [-0.2, -0.15) is 0 Å². The molecule has 0 heterocycles. The van der Waals surface area contributed by atoms with Gasteiger partial charge in [0.25, 0.3) is 5.91 Å². The lowest BCUT2D eigenvalue weighted by Crippen LogP contribution is -2.22.